The first-order chi connectivity index (χ1) is 20.0. The summed E-state index contributed by atoms with van der Waals surface area (Å²) in [4.78, 5) is 37.9. The maximum atomic E-state index is 13.5. The van der Waals surface area contributed by atoms with E-state index in [0.717, 1.165) is 18.9 Å². The van der Waals surface area contributed by atoms with Gasteiger partial charge in [0.15, 0.2) is 0 Å². The molecule has 3 aromatic carbocycles. The molecule has 1 fully saturated rings. The van der Waals surface area contributed by atoms with Gasteiger partial charge in [-0.3, -0.25) is 14.5 Å². The van der Waals surface area contributed by atoms with Crippen LogP contribution in [0.5, 0.6) is 0 Å². The second kappa shape index (κ2) is 13.7. The first-order valence-corrected chi connectivity index (χ1v) is 14.0. The summed E-state index contributed by atoms with van der Waals surface area (Å²) in [5.74, 6) is -1.01. The number of aliphatic carboxylic acids is 1. The van der Waals surface area contributed by atoms with Gasteiger partial charge < -0.3 is 15.7 Å². The van der Waals surface area contributed by atoms with Crippen LogP contribution >= 0.6 is 11.6 Å². The van der Waals surface area contributed by atoms with E-state index in [4.69, 9.17) is 16.7 Å². The van der Waals surface area contributed by atoms with E-state index < -0.39 is 34.7 Å². The molecule has 0 heterocycles. The Morgan fingerprint density at radius 2 is 1.60 bits per heavy atom. The standard InChI is InChI=1S/C31H31ClF3N3O4/c32-28-25(31(33,34)35)7-4-8-26(28)37-30(42)38(24-15-13-22(14-16-24)21-5-2-1-3-6-21)19-20-9-11-23(12-10-20)29(41)36-18-17-27(39)40/h4,7-16,21H,1-3,5-6,17-19H2,(H,36,41)(H,37,42)(H,39,40). The molecular weight excluding hydrogens is 571 g/mol. The smallest absolute Gasteiger partial charge is 0.417 e. The van der Waals surface area contributed by atoms with Crippen LogP contribution in [0, 0.1) is 0 Å². The molecule has 0 radical (unpaired) electrons. The average molecular weight is 602 g/mol. The van der Waals surface area contributed by atoms with Gasteiger partial charge in [0.05, 0.1) is 29.2 Å². The number of halogens is 4. The van der Waals surface area contributed by atoms with Crippen LogP contribution in [-0.4, -0.2) is 29.6 Å². The molecule has 0 spiro atoms. The van der Waals surface area contributed by atoms with Crippen LogP contribution in [0.1, 0.15) is 71.5 Å². The molecular formula is C31H31ClF3N3O4. The van der Waals surface area contributed by atoms with Crippen molar-refractivity contribution in [3.8, 4) is 0 Å². The molecule has 1 aliphatic rings. The van der Waals surface area contributed by atoms with Crippen molar-refractivity contribution in [3.05, 3.63) is 94.0 Å². The maximum Gasteiger partial charge on any atom is 0.417 e. The number of hydrogen-bond donors (Lipinski definition) is 3. The van der Waals surface area contributed by atoms with Gasteiger partial charge in [0.1, 0.15) is 0 Å². The summed E-state index contributed by atoms with van der Waals surface area (Å²) in [6.45, 7) is 0.0327. The minimum absolute atomic E-state index is 0.0151. The van der Waals surface area contributed by atoms with Crippen molar-refractivity contribution < 1.29 is 32.7 Å². The fourth-order valence-electron chi connectivity index (χ4n) is 5.00. The Morgan fingerprint density at radius 3 is 2.21 bits per heavy atom. The summed E-state index contributed by atoms with van der Waals surface area (Å²) in [5, 5.41) is 13.2. The summed E-state index contributed by atoms with van der Waals surface area (Å²) >= 11 is 6.03. The number of nitrogens with one attached hydrogen (secondary N) is 2. The highest BCUT2D eigenvalue weighted by Gasteiger charge is 2.34. The predicted octanol–water partition coefficient (Wildman–Crippen LogP) is 7.85. The Hall–Kier alpha value is -4.05. The number of amides is 3. The number of alkyl halides is 3. The predicted molar refractivity (Wildman–Crippen MR) is 155 cm³/mol. The molecule has 42 heavy (non-hydrogen) atoms. The van der Waals surface area contributed by atoms with Gasteiger partial charge in [0.2, 0.25) is 0 Å². The van der Waals surface area contributed by atoms with Crippen LogP contribution < -0.4 is 15.5 Å². The number of benzene rings is 3. The average Bonchev–Trinajstić information content (AvgIpc) is 2.97. The molecule has 11 heteroatoms. The van der Waals surface area contributed by atoms with Crippen molar-refractivity contribution in [2.75, 3.05) is 16.8 Å². The van der Waals surface area contributed by atoms with E-state index in [1.54, 1.807) is 24.3 Å². The molecule has 0 aliphatic heterocycles. The van der Waals surface area contributed by atoms with Crippen LogP contribution in [0.2, 0.25) is 5.02 Å². The zero-order valence-corrected chi connectivity index (χ0v) is 23.5. The number of anilines is 2. The fourth-order valence-corrected chi connectivity index (χ4v) is 5.28. The molecule has 0 atom stereocenters. The summed E-state index contributed by atoms with van der Waals surface area (Å²) in [7, 11) is 0. The van der Waals surface area contributed by atoms with E-state index in [-0.39, 0.29) is 25.2 Å². The number of carbonyl (C=O) groups is 3. The second-order valence-corrected chi connectivity index (χ2v) is 10.6. The normalized spacial score (nSPS) is 13.8. The highest BCUT2D eigenvalue weighted by Crippen LogP contribution is 2.38. The first-order valence-electron chi connectivity index (χ1n) is 13.7. The number of carbonyl (C=O) groups excluding carboxylic acids is 2. The summed E-state index contributed by atoms with van der Waals surface area (Å²) in [6.07, 6.45) is 0.890. The molecule has 3 amide bonds. The Morgan fingerprint density at radius 1 is 0.929 bits per heavy atom. The van der Waals surface area contributed by atoms with Crippen molar-refractivity contribution in [2.45, 2.75) is 57.2 Å². The number of carboxylic acids is 1. The minimum atomic E-state index is -4.69. The zero-order chi connectivity index (χ0) is 30.3. The zero-order valence-electron chi connectivity index (χ0n) is 22.7. The number of nitrogens with zero attached hydrogens (tertiary/aromatic N) is 1. The van der Waals surface area contributed by atoms with Gasteiger partial charge in [0.25, 0.3) is 5.91 Å². The molecule has 1 aliphatic carbocycles. The Balaban J connectivity index is 1.57. The first kappa shape index (κ1) is 30.9. The van der Waals surface area contributed by atoms with Crippen molar-refractivity contribution in [1.82, 2.24) is 5.32 Å². The topological polar surface area (TPSA) is 98.7 Å². The lowest BCUT2D eigenvalue weighted by Crippen LogP contribution is -2.34. The molecule has 0 bridgehead atoms. The quantitative estimate of drug-likeness (QED) is 0.233. The molecule has 4 rings (SSSR count). The molecule has 3 N–H and O–H groups in total. The van der Waals surface area contributed by atoms with Crippen molar-refractivity contribution in [3.63, 3.8) is 0 Å². The van der Waals surface area contributed by atoms with Gasteiger partial charge >= 0.3 is 18.2 Å². The molecule has 0 unspecified atom stereocenters. The lowest BCUT2D eigenvalue weighted by Gasteiger charge is -2.26. The SMILES string of the molecule is O=C(O)CCNC(=O)c1ccc(CN(C(=O)Nc2cccc(C(F)(F)F)c2Cl)c2ccc(C3CCCCC3)cc2)cc1. The van der Waals surface area contributed by atoms with E-state index in [9.17, 15) is 27.6 Å². The lowest BCUT2D eigenvalue weighted by molar-refractivity contribution is -0.138. The summed E-state index contributed by atoms with van der Waals surface area (Å²) in [6, 6.07) is 16.7. The monoisotopic (exact) mass is 601 g/mol. The molecule has 222 valence electrons. The van der Waals surface area contributed by atoms with Crippen LogP contribution in [0.3, 0.4) is 0 Å². The van der Waals surface area contributed by atoms with Gasteiger partial charge in [-0.2, -0.15) is 13.2 Å². The summed E-state index contributed by atoms with van der Waals surface area (Å²) < 4.78 is 40.2. The third-order valence-electron chi connectivity index (χ3n) is 7.25. The highest BCUT2D eigenvalue weighted by atomic mass is 35.5. The van der Waals surface area contributed by atoms with Crippen molar-refractivity contribution in [2.24, 2.45) is 0 Å². The van der Waals surface area contributed by atoms with Crippen LogP contribution in [0.15, 0.2) is 66.7 Å². The van der Waals surface area contributed by atoms with E-state index in [0.29, 0.717) is 22.7 Å². The molecule has 7 nitrogen and oxygen atoms in total. The van der Waals surface area contributed by atoms with E-state index in [1.807, 2.05) is 24.3 Å². The van der Waals surface area contributed by atoms with E-state index in [1.165, 1.54) is 41.9 Å². The number of urea groups is 1. The fraction of sp³-hybridized carbons (Fsp3) is 0.323. The molecule has 0 aromatic heterocycles. The summed E-state index contributed by atoms with van der Waals surface area (Å²) in [5.41, 5.74) is 1.45. The maximum absolute atomic E-state index is 13.5. The third-order valence-corrected chi connectivity index (χ3v) is 7.66. The van der Waals surface area contributed by atoms with Crippen LogP contribution in [-0.2, 0) is 17.5 Å². The Kier molecular flexibility index (Phi) is 10.1. The molecule has 3 aromatic rings. The lowest BCUT2D eigenvalue weighted by atomic mass is 9.84. The second-order valence-electron chi connectivity index (χ2n) is 10.2. The van der Waals surface area contributed by atoms with Gasteiger partial charge in [-0.15, -0.1) is 0 Å². The Bertz CT molecular complexity index is 1410. The van der Waals surface area contributed by atoms with Crippen LogP contribution in [0.25, 0.3) is 0 Å². The van der Waals surface area contributed by atoms with Crippen LogP contribution in [0.4, 0.5) is 29.3 Å². The Labute approximate surface area is 246 Å². The highest BCUT2D eigenvalue weighted by molar-refractivity contribution is 6.34. The van der Waals surface area contributed by atoms with Gasteiger partial charge in [0, 0.05) is 17.8 Å². The van der Waals surface area contributed by atoms with E-state index >= 15 is 0 Å². The van der Waals surface area contributed by atoms with E-state index in [2.05, 4.69) is 10.6 Å². The number of rotatable bonds is 9. The van der Waals surface area contributed by atoms with Crippen molar-refractivity contribution in [1.29, 1.82) is 0 Å². The third kappa shape index (κ3) is 8.03. The van der Waals surface area contributed by atoms with Crippen molar-refractivity contribution >= 4 is 40.9 Å². The molecule has 0 saturated heterocycles. The van der Waals surface area contributed by atoms with Gasteiger partial charge in [-0.25, -0.2) is 4.79 Å². The largest absolute Gasteiger partial charge is 0.481 e. The minimum Gasteiger partial charge on any atom is -0.481 e. The van der Waals surface area contributed by atoms with Gasteiger partial charge in [-0.1, -0.05) is 61.2 Å². The van der Waals surface area contributed by atoms with Gasteiger partial charge in [-0.05, 0) is 66.3 Å². The number of carboxylic acid groups (broad SMARTS) is 1. The molecule has 1 saturated carbocycles. The number of hydrogen-bond acceptors (Lipinski definition) is 3.